The van der Waals surface area contributed by atoms with Crippen molar-refractivity contribution in [1.82, 2.24) is 5.32 Å². The number of esters is 1. The van der Waals surface area contributed by atoms with E-state index in [4.69, 9.17) is 4.74 Å². The van der Waals surface area contributed by atoms with Crippen LogP contribution in [0.3, 0.4) is 0 Å². The molecule has 6 heteroatoms. The Morgan fingerprint density at radius 3 is 2.40 bits per heavy atom. The summed E-state index contributed by atoms with van der Waals surface area (Å²) in [5.74, 6) is -1.61. The zero-order valence-electron chi connectivity index (χ0n) is 11.8. The van der Waals surface area contributed by atoms with Gasteiger partial charge in [-0.15, -0.1) is 0 Å². The van der Waals surface area contributed by atoms with Crippen molar-refractivity contribution in [2.45, 2.75) is 39.3 Å². The van der Waals surface area contributed by atoms with Gasteiger partial charge in [-0.1, -0.05) is 15.9 Å². The lowest BCUT2D eigenvalue weighted by Crippen LogP contribution is -2.42. The van der Waals surface area contributed by atoms with Gasteiger partial charge in [-0.2, -0.15) is 0 Å². The highest BCUT2D eigenvalue weighted by atomic mass is 79.9. The summed E-state index contributed by atoms with van der Waals surface area (Å²) >= 11 is 3.10. The van der Waals surface area contributed by atoms with E-state index >= 15 is 0 Å². The molecule has 1 rings (SSSR count). The average Bonchev–Trinajstić information content (AvgIpc) is 2.25. The molecular weight excluding hydrogens is 329 g/mol. The van der Waals surface area contributed by atoms with Crippen molar-refractivity contribution in [2.24, 2.45) is 0 Å². The molecule has 1 aromatic rings. The first-order valence-corrected chi connectivity index (χ1v) is 6.87. The molecule has 0 unspecified atom stereocenters. The van der Waals surface area contributed by atoms with E-state index in [0.29, 0.717) is 4.47 Å². The standard InChI is InChI=1S/C14H17BrFNO3/c1-8(13(19)20-14(2,3)4)17-12(18)9-5-10(15)7-11(16)6-9/h5-8H,1-4H3,(H,17,18)/t8-/m0/s1. The van der Waals surface area contributed by atoms with Gasteiger partial charge < -0.3 is 10.1 Å². The summed E-state index contributed by atoms with van der Waals surface area (Å²) in [7, 11) is 0. The molecule has 110 valence electrons. The molecule has 1 atom stereocenters. The minimum atomic E-state index is -0.816. The fraction of sp³-hybridized carbons (Fsp3) is 0.429. The zero-order valence-corrected chi connectivity index (χ0v) is 13.4. The SMILES string of the molecule is C[C@H](NC(=O)c1cc(F)cc(Br)c1)C(=O)OC(C)(C)C. The summed E-state index contributed by atoms with van der Waals surface area (Å²) in [6, 6.07) is 3.00. The largest absolute Gasteiger partial charge is 0.458 e. The number of ether oxygens (including phenoxy) is 1. The van der Waals surface area contributed by atoms with Gasteiger partial charge in [-0.3, -0.25) is 4.79 Å². The minimum Gasteiger partial charge on any atom is -0.458 e. The second kappa shape index (κ2) is 6.35. The number of rotatable bonds is 3. The first kappa shape index (κ1) is 16.6. The van der Waals surface area contributed by atoms with Gasteiger partial charge in [0.15, 0.2) is 0 Å². The summed E-state index contributed by atoms with van der Waals surface area (Å²) in [4.78, 5) is 23.7. The molecule has 0 radical (unpaired) electrons. The highest BCUT2D eigenvalue weighted by Crippen LogP contribution is 2.15. The lowest BCUT2D eigenvalue weighted by Gasteiger charge is -2.22. The van der Waals surface area contributed by atoms with Gasteiger partial charge in [-0.25, -0.2) is 9.18 Å². The Kier molecular flexibility index (Phi) is 5.28. The first-order chi connectivity index (χ1) is 9.08. The van der Waals surface area contributed by atoms with Crippen LogP contribution in [0, 0.1) is 5.82 Å². The Bertz CT molecular complexity index is 505. The molecule has 0 heterocycles. The zero-order chi connectivity index (χ0) is 15.5. The quantitative estimate of drug-likeness (QED) is 0.856. The summed E-state index contributed by atoms with van der Waals surface area (Å²) in [5, 5.41) is 2.47. The van der Waals surface area contributed by atoms with Gasteiger partial charge in [0.1, 0.15) is 17.5 Å². The highest BCUT2D eigenvalue weighted by Gasteiger charge is 2.23. The molecule has 0 aliphatic rings. The van der Waals surface area contributed by atoms with Crippen molar-refractivity contribution >= 4 is 27.8 Å². The van der Waals surface area contributed by atoms with E-state index in [-0.39, 0.29) is 5.56 Å². The molecule has 1 N–H and O–H groups in total. The van der Waals surface area contributed by atoms with Gasteiger partial charge in [0.05, 0.1) is 0 Å². The number of halogens is 2. The fourth-order valence-electron chi connectivity index (χ4n) is 1.41. The maximum absolute atomic E-state index is 13.2. The Morgan fingerprint density at radius 1 is 1.30 bits per heavy atom. The molecule has 1 amide bonds. The van der Waals surface area contributed by atoms with Gasteiger partial charge in [0, 0.05) is 10.0 Å². The van der Waals surface area contributed by atoms with E-state index in [1.807, 2.05) is 0 Å². The lowest BCUT2D eigenvalue weighted by atomic mass is 10.1. The van der Waals surface area contributed by atoms with Gasteiger partial charge in [0.2, 0.25) is 0 Å². The molecule has 0 aliphatic heterocycles. The minimum absolute atomic E-state index is 0.132. The van der Waals surface area contributed by atoms with Crippen LogP contribution in [-0.2, 0) is 9.53 Å². The van der Waals surface area contributed by atoms with Crippen LogP contribution in [0.2, 0.25) is 0 Å². The Hall–Kier alpha value is -1.43. The van der Waals surface area contributed by atoms with Gasteiger partial charge in [0.25, 0.3) is 5.91 Å². The van der Waals surface area contributed by atoms with Crippen LogP contribution in [0.5, 0.6) is 0 Å². The van der Waals surface area contributed by atoms with Crippen LogP contribution in [0.25, 0.3) is 0 Å². The molecule has 0 spiro atoms. The van der Waals surface area contributed by atoms with Crippen molar-refractivity contribution in [3.63, 3.8) is 0 Å². The lowest BCUT2D eigenvalue weighted by molar-refractivity contribution is -0.156. The molecule has 0 aromatic heterocycles. The average molecular weight is 346 g/mol. The first-order valence-electron chi connectivity index (χ1n) is 6.08. The molecule has 0 aliphatic carbocycles. The normalized spacial score (nSPS) is 12.7. The Labute approximate surface area is 125 Å². The molecule has 4 nitrogen and oxygen atoms in total. The number of nitrogens with one attached hydrogen (secondary N) is 1. The van der Waals surface area contributed by atoms with E-state index in [0.717, 1.165) is 6.07 Å². The number of carbonyl (C=O) groups is 2. The highest BCUT2D eigenvalue weighted by molar-refractivity contribution is 9.10. The maximum atomic E-state index is 13.2. The number of hydrogen-bond acceptors (Lipinski definition) is 3. The van der Waals surface area contributed by atoms with E-state index in [1.165, 1.54) is 19.1 Å². The van der Waals surface area contributed by atoms with E-state index in [1.54, 1.807) is 20.8 Å². The van der Waals surface area contributed by atoms with Crippen molar-refractivity contribution in [3.8, 4) is 0 Å². The molecule has 20 heavy (non-hydrogen) atoms. The topological polar surface area (TPSA) is 55.4 Å². The summed E-state index contributed by atoms with van der Waals surface area (Å²) in [6.07, 6.45) is 0. The summed E-state index contributed by atoms with van der Waals surface area (Å²) in [5.41, 5.74) is -0.495. The van der Waals surface area contributed by atoms with Crippen LogP contribution in [0.1, 0.15) is 38.1 Å². The second-order valence-corrected chi connectivity index (χ2v) is 6.30. The van der Waals surface area contributed by atoms with E-state index in [9.17, 15) is 14.0 Å². The van der Waals surface area contributed by atoms with Crippen molar-refractivity contribution in [2.75, 3.05) is 0 Å². The number of carbonyl (C=O) groups excluding carboxylic acids is 2. The molecule has 0 fully saturated rings. The number of benzene rings is 1. The predicted molar refractivity (Wildman–Crippen MR) is 76.9 cm³/mol. The summed E-state index contributed by atoms with van der Waals surface area (Å²) < 4.78 is 18.8. The molecular formula is C14H17BrFNO3. The van der Waals surface area contributed by atoms with Gasteiger partial charge >= 0.3 is 5.97 Å². The maximum Gasteiger partial charge on any atom is 0.328 e. The monoisotopic (exact) mass is 345 g/mol. The second-order valence-electron chi connectivity index (χ2n) is 5.39. The van der Waals surface area contributed by atoms with Crippen molar-refractivity contribution < 1.29 is 18.7 Å². The van der Waals surface area contributed by atoms with Crippen LogP contribution in [-0.4, -0.2) is 23.5 Å². The molecule has 0 saturated carbocycles. The third-order valence-electron chi connectivity index (χ3n) is 2.23. The fourth-order valence-corrected chi connectivity index (χ4v) is 1.88. The molecule has 0 saturated heterocycles. The van der Waals surface area contributed by atoms with Crippen molar-refractivity contribution in [1.29, 1.82) is 0 Å². The number of amides is 1. The Morgan fingerprint density at radius 2 is 1.90 bits per heavy atom. The van der Waals surface area contributed by atoms with Crippen molar-refractivity contribution in [3.05, 3.63) is 34.1 Å². The predicted octanol–water partition coefficient (Wildman–Crippen LogP) is 3.05. The molecule has 0 bridgehead atoms. The Balaban J connectivity index is 2.72. The van der Waals surface area contributed by atoms with Crippen LogP contribution < -0.4 is 5.32 Å². The smallest absolute Gasteiger partial charge is 0.328 e. The van der Waals surface area contributed by atoms with E-state index in [2.05, 4.69) is 21.2 Å². The van der Waals surface area contributed by atoms with E-state index < -0.39 is 29.3 Å². The number of hydrogen-bond donors (Lipinski definition) is 1. The van der Waals surface area contributed by atoms with Crippen LogP contribution in [0.15, 0.2) is 22.7 Å². The third-order valence-corrected chi connectivity index (χ3v) is 2.69. The summed E-state index contributed by atoms with van der Waals surface area (Å²) in [6.45, 7) is 6.73. The van der Waals surface area contributed by atoms with Crippen LogP contribution >= 0.6 is 15.9 Å². The third kappa shape index (κ3) is 5.28. The molecule has 1 aromatic carbocycles. The van der Waals surface area contributed by atoms with Crippen LogP contribution in [0.4, 0.5) is 4.39 Å². The van der Waals surface area contributed by atoms with Gasteiger partial charge in [-0.05, 0) is 45.9 Å².